The zero-order valence-corrected chi connectivity index (χ0v) is 10.6. The number of hydrogen-bond acceptors (Lipinski definition) is 5. The highest BCUT2D eigenvalue weighted by molar-refractivity contribution is 6.01. The molecule has 1 aromatic carbocycles. The molecule has 1 aromatic rings. The second-order valence-corrected chi connectivity index (χ2v) is 4.46. The highest BCUT2D eigenvalue weighted by atomic mass is 19.1. The van der Waals surface area contributed by atoms with E-state index in [1.165, 1.54) is 0 Å². The van der Waals surface area contributed by atoms with E-state index in [0.29, 0.717) is 6.61 Å². The summed E-state index contributed by atoms with van der Waals surface area (Å²) in [6.07, 6.45) is 1.61. The Labute approximate surface area is 114 Å². The van der Waals surface area contributed by atoms with Crippen LogP contribution in [-0.4, -0.2) is 30.1 Å². The van der Waals surface area contributed by atoms with E-state index >= 15 is 0 Å². The first-order valence-corrected chi connectivity index (χ1v) is 6.13. The predicted molar refractivity (Wildman–Crippen MR) is 68.8 cm³/mol. The Kier molecular flexibility index (Phi) is 4.14. The van der Waals surface area contributed by atoms with Gasteiger partial charge in [0.15, 0.2) is 0 Å². The average Bonchev–Trinajstić information content (AvgIpc) is 2.89. The van der Waals surface area contributed by atoms with Gasteiger partial charge in [-0.25, -0.2) is 4.39 Å². The molecule has 0 saturated carbocycles. The Morgan fingerprint density at radius 2 is 2.35 bits per heavy atom. The molecular weight excluding hydrogens is 269 g/mol. The van der Waals surface area contributed by atoms with Crippen LogP contribution in [0.15, 0.2) is 12.1 Å². The van der Waals surface area contributed by atoms with Crippen molar-refractivity contribution < 1.29 is 18.8 Å². The van der Waals surface area contributed by atoms with Gasteiger partial charge < -0.3 is 15.8 Å². The fourth-order valence-corrected chi connectivity index (χ4v) is 2.07. The number of amides is 1. The third kappa shape index (κ3) is 2.85. The van der Waals surface area contributed by atoms with Gasteiger partial charge in [0.05, 0.1) is 11.0 Å². The average molecular weight is 283 g/mol. The van der Waals surface area contributed by atoms with Crippen molar-refractivity contribution >= 4 is 17.3 Å². The molecule has 1 aliphatic heterocycles. The molecule has 1 heterocycles. The molecule has 3 N–H and O–H groups in total. The summed E-state index contributed by atoms with van der Waals surface area (Å²) in [6, 6.07) is 1.79. The summed E-state index contributed by atoms with van der Waals surface area (Å²) >= 11 is 0. The number of rotatable bonds is 4. The lowest BCUT2D eigenvalue weighted by atomic mass is 10.1. The number of halogens is 1. The molecule has 1 fully saturated rings. The molecule has 8 heteroatoms. The Bertz CT molecular complexity index is 544. The zero-order chi connectivity index (χ0) is 14.7. The molecule has 108 valence electrons. The van der Waals surface area contributed by atoms with Gasteiger partial charge in [0, 0.05) is 19.2 Å². The van der Waals surface area contributed by atoms with Crippen LogP contribution in [0, 0.1) is 15.9 Å². The summed E-state index contributed by atoms with van der Waals surface area (Å²) in [5.41, 5.74) is 4.03. The fourth-order valence-electron chi connectivity index (χ4n) is 2.07. The minimum Gasteiger partial charge on any atom is -0.392 e. The quantitative estimate of drug-likeness (QED) is 0.491. The smallest absolute Gasteiger partial charge is 0.293 e. The summed E-state index contributed by atoms with van der Waals surface area (Å²) in [4.78, 5) is 21.9. The van der Waals surface area contributed by atoms with E-state index in [1.807, 2.05) is 0 Å². The molecular formula is C12H14FN3O4. The summed E-state index contributed by atoms with van der Waals surface area (Å²) in [6.45, 7) is 0.855. The maximum absolute atomic E-state index is 13.7. The Hall–Kier alpha value is -2.22. The van der Waals surface area contributed by atoms with Crippen molar-refractivity contribution in [3.05, 3.63) is 33.6 Å². The van der Waals surface area contributed by atoms with Gasteiger partial charge in [0.1, 0.15) is 17.1 Å². The van der Waals surface area contributed by atoms with E-state index in [4.69, 9.17) is 10.5 Å². The van der Waals surface area contributed by atoms with Crippen LogP contribution >= 0.6 is 0 Å². The molecule has 0 aromatic heterocycles. The first-order chi connectivity index (χ1) is 9.50. The number of hydrogen-bond donors (Lipinski definition) is 2. The predicted octanol–water partition coefficient (Wildman–Crippen LogP) is 1.22. The maximum Gasteiger partial charge on any atom is 0.293 e. The number of ether oxygens (including phenoxy) is 1. The molecule has 1 atom stereocenters. The SMILES string of the molecule is Nc1c([N+](=O)[O-])ccc(F)c1C(=O)NCC1CCCO1. The van der Waals surface area contributed by atoms with Crippen LogP contribution in [-0.2, 0) is 4.74 Å². The normalized spacial score (nSPS) is 17.9. The number of benzene rings is 1. The van der Waals surface area contributed by atoms with E-state index in [9.17, 15) is 19.3 Å². The second kappa shape index (κ2) is 5.83. The number of nitrogen functional groups attached to an aromatic ring is 1. The number of carbonyl (C=O) groups excluding carboxylic acids is 1. The number of anilines is 1. The first kappa shape index (κ1) is 14.2. The zero-order valence-electron chi connectivity index (χ0n) is 10.6. The van der Waals surface area contributed by atoms with Gasteiger partial charge in [-0.05, 0) is 18.9 Å². The Balaban J connectivity index is 2.15. The monoisotopic (exact) mass is 283 g/mol. The minimum absolute atomic E-state index is 0.109. The lowest BCUT2D eigenvalue weighted by Gasteiger charge is -2.12. The fraction of sp³-hybridized carbons (Fsp3) is 0.417. The minimum atomic E-state index is -0.891. The van der Waals surface area contributed by atoms with Crippen LogP contribution in [0.3, 0.4) is 0 Å². The molecule has 0 spiro atoms. The molecule has 20 heavy (non-hydrogen) atoms. The summed E-state index contributed by atoms with van der Waals surface area (Å²) in [7, 11) is 0. The second-order valence-electron chi connectivity index (χ2n) is 4.46. The lowest BCUT2D eigenvalue weighted by molar-refractivity contribution is -0.384. The molecule has 0 radical (unpaired) electrons. The summed E-state index contributed by atoms with van der Waals surface area (Å²) in [5.74, 6) is -1.67. The van der Waals surface area contributed by atoms with Gasteiger partial charge in [-0.3, -0.25) is 14.9 Å². The van der Waals surface area contributed by atoms with Gasteiger partial charge >= 0.3 is 0 Å². The Morgan fingerprint density at radius 1 is 1.60 bits per heavy atom. The van der Waals surface area contributed by atoms with Crippen LogP contribution in [0.2, 0.25) is 0 Å². The molecule has 7 nitrogen and oxygen atoms in total. The first-order valence-electron chi connectivity index (χ1n) is 6.13. The third-order valence-electron chi connectivity index (χ3n) is 3.11. The van der Waals surface area contributed by atoms with Crippen molar-refractivity contribution in [2.24, 2.45) is 0 Å². The largest absolute Gasteiger partial charge is 0.392 e. The molecule has 0 aliphatic carbocycles. The third-order valence-corrected chi connectivity index (χ3v) is 3.11. The molecule has 0 bridgehead atoms. The van der Waals surface area contributed by atoms with Crippen molar-refractivity contribution in [3.8, 4) is 0 Å². The van der Waals surface area contributed by atoms with E-state index in [1.54, 1.807) is 0 Å². The van der Waals surface area contributed by atoms with Gasteiger partial charge in [0.2, 0.25) is 0 Å². The molecule has 1 aliphatic rings. The van der Waals surface area contributed by atoms with E-state index in [-0.39, 0.29) is 12.6 Å². The molecule has 1 saturated heterocycles. The highest BCUT2D eigenvalue weighted by Crippen LogP contribution is 2.27. The van der Waals surface area contributed by atoms with Gasteiger partial charge in [0.25, 0.3) is 11.6 Å². The van der Waals surface area contributed by atoms with Crippen LogP contribution in [0.25, 0.3) is 0 Å². The standard InChI is InChI=1S/C12H14FN3O4/c13-8-3-4-9(16(18)19)11(14)10(8)12(17)15-6-7-2-1-5-20-7/h3-4,7H,1-2,5-6,14H2,(H,15,17). The van der Waals surface area contributed by atoms with Crippen LogP contribution in [0.5, 0.6) is 0 Å². The number of nitrogens with one attached hydrogen (secondary N) is 1. The van der Waals surface area contributed by atoms with Crippen molar-refractivity contribution in [2.75, 3.05) is 18.9 Å². The Morgan fingerprint density at radius 3 is 2.95 bits per heavy atom. The van der Waals surface area contributed by atoms with Crippen molar-refractivity contribution in [1.82, 2.24) is 5.32 Å². The van der Waals surface area contributed by atoms with Crippen LogP contribution < -0.4 is 11.1 Å². The van der Waals surface area contributed by atoms with E-state index in [2.05, 4.69) is 5.32 Å². The summed E-state index contributed by atoms with van der Waals surface area (Å²) in [5, 5.41) is 13.2. The van der Waals surface area contributed by atoms with Gasteiger partial charge in [-0.1, -0.05) is 0 Å². The molecule has 2 rings (SSSR count). The lowest BCUT2D eigenvalue weighted by Crippen LogP contribution is -2.32. The maximum atomic E-state index is 13.7. The number of nitro groups is 1. The molecule has 1 amide bonds. The number of nitrogens with two attached hydrogens (primary N) is 1. The number of carbonyl (C=O) groups is 1. The van der Waals surface area contributed by atoms with E-state index < -0.39 is 33.6 Å². The van der Waals surface area contributed by atoms with Gasteiger partial charge in [-0.2, -0.15) is 0 Å². The van der Waals surface area contributed by atoms with Crippen molar-refractivity contribution in [2.45, 2.75) is 18.9 Å². The van der Waals surface area contributed by atoms with Crippen molar-refractivity contribution in [3.63, 3.8) is 0 Å². The van der Waals surface area contributed by atoms with Crippen LogP contribution in [0.4, 0.5) is 15.8 Å². The number of nitrogens with zero attached hydrogens (tertiary/aromatic N) is 1. The number of nitro benzene ring substituents is 1. The topological polar surface area (TPSA) is 107 Å². The highest BCUT2D eigenvalue weighted by Gasteiger charge is 2.24. The van der Waals surface area contributed by atoms with Crippen molar-refractivity contribution in [1.29, 1.82) is 0 Å². The van der Waals surface area contributed by atoms with Gasteiger partial charge in [-0.15, -0.1) is 0 Å². The molecule has 1 unspecified atom stereocenters. The van der Waals surface area contributed by atoms with Crippen LogP contribution in [0.1, 0.15) is 23.2 Å². The van der Waals surface area contributed by atoms with E-state index in [0.717, 1.165) is 25.0 Å². The summed E-state index contributed by atoms with van der Waals surface area (Å²) < 4.78 is 19.0.